The van der Waals surface area contributed by atoms with Crippen molar-refractivity contribution in [1.82, 2.24) is 15.3 Å². The Labute approximate surface area is 130 Å². The number of halogens is 1. The highest BCUT2D eigenvalue weighted by molar-refractivity contribution is 6.30. The number of aliphatic hydroxyl groups is 1. The fourth-order valence-corrected chi connectivity index (χ4v) is 2.43. The van der Waals surface area contributed by atoms with Crippen LogP contribution >= 0.6 is 11.6 Å². The predicted octanol–water partition coefficient (Wildman–Crippen LogP) is 3.23. The lowest BCUT2D eigenvalue weighted by Crippen LogP contribution is -2.24. The van der Waals surface area contributed by atoms with Gasteiger partial charge in [-0.15, -0.1) is 0 Å². The van der Waals surface area contributed by atoms with Crippen molar-refractivity contribution < 1.29 is 5.11 Å². The Kier molecular flexibility index (Phi) is 6.23. The van der Waals surface area contributed by atoms with E-state index < -0.39 is 0 Å². The van der Waals surface area contributed by atoms with Crippen molar-refractivity contribution in [3.63, 3.8) is 0 Å². The number of H-pyrrole nitrogens is 1. The molecule has 1 aromatic heterocycles. The number of hydrogen-bond donors (Lipinski definition) is 3. The molecule has 0 aliphatic carbocycles. The number of nitrogens with one attached hydrogen (secondary N) is 2. The average molecular weight is 308 g/mol. The summed E-state index contributed by atoms with van der Waals surface area (Å²) in [5.41, 5.74) is 1.93. The minimum absolute atomic E-state index is 0.0401. The summed E-state index contributed by atoms with van der Waals surface area (Å²) in [5, 5.41) is 13.3. The van der Waals surface area contributed by atoms with Gasteiger partial charge in [0.1, 0.15) is 5.82 Å². The van der Waals surface area contributed by atoms with Crippen LogP contribution < -0.4 is 5.32 Å². The van der Waals surface area contributed by atoms with Crippen LogP contribution in [-0.4, -0.2) is 21.7 Å². The zero-order valence-corrected chi connectivity index (χ0v) is 13.0. The maximum absolute atomic E-state index is 9.53. The lowest BCUT2D eigenvalue weighted by molar-refractivity contribution is 0.243. The summed E-state index contributed by atoms with van der Waals surface area (Å²) in [7, 11) is 0. The van der Waals surface area contributed by atoms with Crippen LogP contribution in [0.1, 0.15) is 42.9 Å². The van der Waals surface area contributed by atoms with Crippen LogP contribution in [-0.2, 0) is 13.0 Å². The molecule has 1 aromatic carbocycles. The highest BCUT2D eigenvalue weighted by Crippen LogP contribution is 2.17. The summed E-state index contributed by atoms with van der Waals surface area (Å²) in [4.78, 5) is 7.59. The molecule has 0 aliphatic heterocycles. The standard InChI is InChI=1S/C16H22ClN3O/c1-2-3-9-15-19-13(16(17)20-15)10-18-14(11-21)12-7-5-4-6-8-12/h4-8,14,18,21H,2-3,9-11H2,1H3,(H,19,20)/t14-/m0/s1. The van der Waals surface area contributed by atoms with E-state index in [2.05, 4.69) is 22.2 Å². The van der Waals surface area contributed by atoms with Crippen molar-refractivity contribution in [2.45, 2.75) is 38.8 Å². The Bertz CT molecular complexity index is 542. The Morgan fingerprint density at radius 3 is 2.76 bits per heavy atom. The molecule has 3 N–H and O–H groups in total. The van der Waals surface area contributed by atoms with Gasteiger partial charge < -0.3 is 15.4 Å². The zero-order valence-electron chi connectivity index (χ0n) is 12.3. The SMILES string of the molecule is CCCCc1nc(Cl)c(CN[C@@H](CO)c2ccccc2)[nH]1. The maximum atomic E-state index is 9.53. The van der Waals surface area contributed by atoms with Gasteiger partial charge in [-0.05, 0) is 12.0 Å². The van der Waals surface area contributed by atoms with Gasteiger partial charge in [-0.1, -0.05) is 55.3 Å². The number of aryl methyl sites for hydroxylation is 1. The number of unbranched alkanes of at least 4 members (excludes halogenated alkanes) is 1. The van der Waals surface area contributed by atoms with Gasteiger partial charge in [-0.2, -0.15) is 0 Å². The second-order valence-electron chi connectivity index (χ2n) is 5.08. The van der Waals surface area contributed by atoms with Gasteiger partial charge in [-0.25, -0.2) is 4.98 Å². The minimum atomic E-state index is -0.107. The van der Waals surface area contributed by atoms with Crippen molar-refractivity contribution in [3.8, 4) is 0 Å². The fourth-order valence-electron chi connectivity index (χ4n) is 2.22. The van der Waals surface area contributed by atoms with E-state index in [0.717, 1.165) is 36.3 Å². The summed E-state index contributed by atoms with van der Waals surface area (Å²) >= 11 is 6.15. The molecule has 2 rings (SSSR count). The lowest BCUT2D eigenvalue weighted by Gasteiger charge is -2.16. The lowest BCUT2D eigenvalue weighted by atomic mass is 10.1. The summed E-state index contributed by atoms with van der Waals surface area (Å²) in [6.07, 6.45) is 3.14. The van der Waals surface area contributed by atoms with Crippen LogP contribution in [0.5, 0.6) is 0 Å². The summed E-state index contributed by atoms with van der Waals surface area (Å²) < 4.78 is 0. The highest BCUT2D eigenvalue weighted by Gasteiger charge is 2.12. The molecule has 0 amide bonds. The molecular weight excluding hydrogens is 286 g/mol. The van der Waals surface area contributed by atoms with Gasteiger partial charge in [-0.3, -0.25) is 0 Å². The first-order valence-electron chi connectivity index (χ1n) is 7.37. The quantitative estimate of drug-likeness (QED) is 0.701. The van der Waals surface area contributed by atoms with Crippen LogP contribution in [0.4, 0.5) is 0 Å². The van der Waals surface area contributed by atoms with Crippen molar-refractivity contribution >= 4 is 11.6 Å². The first-order valence-corrected chi connectivity index (χ1v) is 7.74. The van der Waals surface area contributed by atoms with Crippen LogP contribution in [0.25, 0.3) is 0 Å². The Balaban J connectivity index is 1.96. The normalized spacial score (nSPS) is 12.5. The molecule has 0 radical (unpaired) electrons. The van der Waals surface area contributed by atoms with E-state index in [4.69, 9.17) is 11.6 Å². The molecule has 114 valence electrons. The molecule has 5 heteroatoms. The van der Waals surface area contributed by atoms with E-state index in [1.54, 1.807) is 0 Å². The smallest absolute Gasteiger partial charge is 0.151 e. The first kappa shape index (κ1) is 16.0. The zero-order chi connectivity index (χ0) is 15.1. The molecule has 0 saturated heterocycles. The summed E-state index contributed by atoms with van der Waals surface area (Å²) in [6.45, 7) is 2.75. The van der Waals surface area contributed by atoms with Gasteiger partial charge in [0.25, 0.3) is 0 Å². The van der Waals surface area contributed by atoms with Gasteiger partial charge in [0.05, 0.1) is 18.3 Å². The minimum Gasteiger partial charge on any atom is -0.394 e. The first-order chi connectivity index (χ1) is 10.2. The third-order valence-electron chi connectivity index (χ3n) is 3.45. The fraction of sp³-hybridized carbons (Fsp3) is 0.438. The van der Waals surface area contributed by atoms with Crippen molar-refractivity contribution in [2.75, 3.05) is 6.61 Å². The monoisotopic (exact) mass is 307 g/mol. The number of imidazole rings is 1. The molecule has 0 saturated carbocycles. The number of benzene rings is 1. The van der Waals surface area contributed by atoms with Crippen molar-refractivity contribution in [2.24, 2.45) is 0 Å². The Morgan fingerprint density at radius 1 is 1.33 bits per heavy atom. The largest absolute Gasteiger partial charge is 0.394 e. The molecule has 0 bridgehead atoms. The third-order valence-corrected chi connectivity index (χ3v) is 3.77. The van der Waals surface area contributed by atoms with Gasteiger partial charge in [0.2, 0.25) is 0 Å². The van der Waals surface area contributed by atoms with Crippen LogP contribution in [0.3, 0.4) is 0 Å². The van der Waals surface area contributed by atoms with Gasteiger partial charge in [0, 0.05) is 13.0 Å². The maximum Gasteiger partial charge on any atom is 0.151 e. The molecule has 0 aliphatic rings. The van der Waals surface area contributed by atoms with E-state index in [-0.39, 0.29) is 12.6 Å². The Morgan fingerprint density at radius 2 is 2.10 bits per heavy atom. The molecule has 4 nitrogen and oxygen atoms in total. The van der Waals surface area contributed by atoms with E-state index in [0.29, 0.717) is 11.7 Å². The molecule has 1 atom stereocenters. The van der Waals surface area contributed by atoms with Crippen LogP contribution in [0, 0.1) is 0 Å². The number of aromatic nitrogens is 2. The van der Waals surface area contributed by atoms with E-state index in [1.807, 2.05) is 30.3 Å². The van der Waals surface area contributed by atoms with Crippen LogP contribution in [0.2, 0.25) is 5.15 Å². The van der Waals surface area contributed by atoms with E-state index in [1.165, 1.54) is 0 Å². The van der Waals surface area contributed by atoms with Crippen molar-refractivity contribution in [1.29, 1.82) is 0 Å². The number of aromatic amines is 1. The molecule has 0 fully saturated rings. The van der Waals surface area contributed by atoms with Gasteiger partial charge in [0.15, 0.2) is 5.15 Å². The number of nitrogens with zero attached hydrogens (tertiary/aromatic N) is 1. The summed E-state index contributed by atoms with van der Waals surface area (Å²) in [5.74, 6) is 0.930. The van der Waals surface area contributed by atoms with E-state index >= 15 is 0 Å². The highest BCUT2D eigenvalue weighted by atomic mass is 35.5. The number of aliphatic hydroxyl groups excluding tert-OH is 1. The topological polar surface area (TPSA) is 60.9 Å². The van der Waals surface area contributed by atoms with E-state index in [9.17, 15) is 5.11 Å². The second-order valence-corrected chi connectivity index (χ2v) is 5.44. The average Bonchev–Trinajstić information content (AvgIpc) is 2.87. The molecule has 0 spiro atoms. The molecule has 1 heterocycles. The Hall–Kier alpha value is -1.36. The number of rotatable bonds is 8. The van der Waals surface area contributed by atoms with Crippen LogP contribution in [0.15, 0.2) is 30.3 Å². The molecule has 2 aromatic rings. The molecule has 0 unspecified atom stereocenters. The number of hydrogen-bond acceptors (Lipinski definition) is 3. The van der Waals surface area contributed by atoms with Crippen molar-refractivity contribution in [3.05, 3.63) is 52.6 Å². The molecule has 21 heavy (non-hydrogen) atoms. The van der Waals surface area contributed by atoms with Gasteiger partial charge >= 0.3 is 0 Å². The summed E-state index contributed by atoms with van der Waals surface area (Å²) in [6, 6.07) is 9.77. The third kappa shape index (κ3) is 4.56. The predicted molar refractivity (Wildman–Crippen MR) is 85.3 cm³/mol. The second kappa shape index (κ2) is 8.17. The molecular formula is C16H22ClN3O.